The molecule has 0 aromatic rings. The summed E-state index contributed by atoms with van der Waals surface area (Å²) < 4.78 is 25.7. The summed E-state index contributed by atoms with van der Waals surface area (Å²) in [7, 11) is 0. The van der Waals surface area contributed by atoms with Crippen molar-refractivity contribution in [3.8, 4) is 0 Å². The van der Waals surface area contributed by atoms with Crippen LogP contribution in [-0.4, -0.2) is 174 Å². The molecule has 54 heavy (non-hydrogen) atoms. The van der Waals surface area contributed by atoms with Gasteiger partial charge in [0.1, 0.15) is 67.1 Å². The molecule has 18 heteroatoms. The zero-order chi connectivity index (χ0) is 40.2. The smallest absolute Gasteiger partial charge is 0.345 e. The van der Waals surface area contributed by atoms with Gasteiger partial charge in [-0.1, -0.05) is 96.8 Å². The van der Waals surface area contributed by atoms with E-state index in [-0.39, 0.29) is 6.42 Å². The summed E-state index contributed by atoms with van der Waals surface area (Å²) in [5.74, 6) is -2.46. The van der Waals surface area contributed by atoms with E-state index in [1.54, 1.807) is 0 Å². The largest absolute Gasteiger partial charge is 0.394 e. The van der Waals surface area contributed by atoms with Gasteiger partial charge in [0, 0.05) is 6.42 Å². The van der Waals surface area contributed by atoms with Gasteiger partial charge >= 0.3 is 11.9 Å². The summed E-state index contributed by atoms with van der Waals surface area (Å²) in [6.45, 7) is -0.0738. The monoisotopic (exact) mass is 786 g/mol. The van der Waals surface area contributed by atoms with Crippen molar-refractivity contribution in [1.29, 1.82) is 0 Å². The van der Waals surface area contributed by atoms with Crippen LogP contribution in [0.15, 0.2) is 0 Å². The maximum Gasteiger partial charge on any atom is 0.345 e. The molecule has 0 bridgehead atoms. The van der Waals surface area contributed by atoms with Crippen molar-refractivity contribution in [3.63, 3.8) is 0 Å². The summed E-state index contributed by atoms with van der Waals surface area (Å²) >= 11 is 0. The Morgan fingerprint density at radius 2 is 1.02 bits per heavy atom. The first-order valence-electron chi connectivity index (χ1n) is 19.4. The Kier molecular flexibility index (Phi) is 23.9. The highest BCUT2D eigenvalue weighted by atomic mass is 16.7. The molecule has 2 heterocycles. The highest BCUT2D eigenvalue weighted by Crippen LogP contribution is 2.26. The van der Waals surface area contributed by atoms with Crippen LogP contribution in [-0.2, 0) is 33.3 Å². The molecule has 14 atom stereocenters. The Morgan fingerprint density at radius 3 is 1.52 bits per heavy atom. The summed E-state index contributed by atoms with van der Waals surface area (Å²) in [5, 5.41) is 111. The summed E-state index contributed by atoms with van der Waals surface area (Å²) in [5.41, 5.74) is 0. The number of aliphatic hydroxyl groups is 11. The van der Waals surface area contributed by atoms with Gasteiger partial charge in [-0.15, -0.1) is 0 Å². The number of ether oxygens (including phenoxy) is 5. The number of esters is 2. The number of aliphatic hydroxyl groups excluding tert-OH is 11. The minimum atomic E-state index is -2.42. The molecule has 2 aliphatic rings. The average molecular weight is 787 g/mol. The zero-order valence-corrected chi connectivity index (χ0v) is 31.3. The number of unbranched alkanes of at least 4 members (excludes halogenated alkanes) is 14. The van der Waals surface area contributed by atoms with Crippen molar-refractivity contribution in [2.24, 2.45) is 0 Å². The third-order valence-corrected chi connectivity index (χ3v) is 9.88. The number of carbonyl (C=O) groups excluding carboxylic acids is 2. The maximum atomic E-state index is 12.2. The van der Waals surface area contributed by atoms with E-state index in [4.69, 9.17) is 18.9 Å². The minimum Gasteiger partial charge on any atom is -0.394 e. The van der Waals surface area contributed by atoms with Gasteiger partial charge < -0.3 is 79.9 Å². The Bertz CT molecular complexity index is 1020. The van der Waals surface area contributed by atoms with Gasteiger partial charge in [-0.2, -0.15) is 0 Å². The van der Waals surface area contributed by atoms with Gasteiger partial charge in [-0.3, -0.25) is 4.79 Å². The van der Waals surface area contributed by atoms with Crippen LogP contribution in [0.5, 0.6) is 0 Å². The van der Waals surface area contributed by atoms with E-state index in [1.807, 2.05) is 0 Å². The van der Waals surface area contributed by atoms with E-state index in [0.717, 1.165) is 25.7 Å². The molecular weight excluding hydrogens is 720 g/mol. The molecule has 0 radical (unpaired) electrons. The van der Waals surface area contributed by atoms with Gasteiger partial charge in [-0.25, -0.2) is 4.79 Å². The predicted molar refractivity (Wildman–Crippen MR) is 187 cm³/mol. The van der Waals surface area contributed by atoms with Gasteiger partial charge in [-0.05, 0) is 6.42 Å². The standard InChI is InChI=1S/C36H66O18/c1-2-3-4-5-6-7-8-9-10-11-12-13-14-15-16-17-24(39)54-34(49)31(46)28(43)25(40)21(38)19-50-35-33(48)30(45)27(42)23(53-35)20-51-36-32(47)29(44)26(41)22(18-37)52-36/h21-23,25-33,35-38,40-48H,2-20H2,1H3/t21-,22-,23-,25-,26-,27-,28+,29+,30+,31-,32-,33-,35+,36+/m1/s1. The third-order valence-electron chi connectivity index (χ3n) is 9.88. The van der Waals surface area contributed by atoms with Crippen LogP contribution in [0.1, 0.15) is 110 Å². The molecule has 18 nitrogen and oxygen atoms in total. The molecule has 0 spiro atoms. The fraction of sp³-hybridized carbons (Fsp3) is 0.944. The molecule has 0 aromatic carbocycles. The van der Waals surface area contributed by atoms with E-state index in [0.29, 0.717) is 6.42 Å². The quantitative estimate of drug-likeness (QED) is 0.0254. The Morgan fingerprint density at radius 1 is 0.574 bits per heavy atom. The molecule has 0 amide bonds. The second-order valence-corrected chi connectivity index (χ2v) is 14.4. The molecule has 318 valence electrons. The first-order chi connectivity index (χ1) is 25.7. The van der Waals surface area contributed by atoms with Crippen LogP contribution in [0.3, 0.4) is 0 Å². The second-order valence-electron chi connectivity index (χ2n) is 14.4. The summed E-state index contributed by atoms with van der Waals surface area (Å²) in [4.78, 5) is 24.3. The first kappa shape index (κ1) is 48.7. The maximum absolute atomic E-state index is 12.2. The van der Waals surface area contributed by atoms with Crippen molar-refractivity contribution >= 4 is 11.9 Å². The normalized spacial score (nSPS) is 31.1. The van der Waals surface area contributed by atoms with E-state index in [1.165, 1.54) is 64.2 Å². The van der Waals surface area contributed by atoms with Crippen molar-refractivity contribution in [2.45, 2.75) is 195 Å². The highest BCUT2D eigenvalue weighted by molar-refractivity contribution is 5.88. The Hall–Kier alpha value is -1.46. The molecule has 0 aromatic heterocycles. The summed E-state index contributed by atoms with van der Waals surface area (Å²) in [6, 6.07) is 0. The first-order valence-corrected chi connectivity index (χ1v) is 19.4. The van der Waals surface area contributed by atoms with Crippen molar-refractivity contribution in [2.75, 3.05) is 19.8 Å². The molecular formula is C36H66O18. The van der Waals surface area contributed by atoms with Crippen molar-refractivity contribution < 1.29 is 89.4 Å². The zero-order valence-electron chi connectivity index (χ0n) is 31.3. The van der Waals surface area contributed by atoms with Gasteiger partial charge in [0.2, 0.25) is 0 Å². The molecule has 2 saturated heterocycles. The van der Waals surface area contributed by atoms with E-state index < -0.39 is 118 Å². The van der Waals surface area contributed by atoms with Crippen LogP contribution >= 0.6 is 0 Å². The number of carbonyl (C=O) groups is 2. The lowest BCUT2D eigenvalue weighted by Gasteiger charge is -2.42. The van der Waals surface area contributed by atoms with Crippen molar-refractivity contribution in [3.05, 3.63) is 0 Å². The fourth-order valence-corrected chi connectivity index (χ4v) is 6.30. The fourth-order valence-electron chi connectivity index (χ4n) is 6.30. The molecule has 0 saturated carbocycles. The number of hydrogen-bond donors (Lipinski definition) is 11. The SMILES string of the molecule is CCCCCCCCCCCCCCCCCC(=O)OC(=O)[C@H](O)[C@@H](O)[C@H](O)[C@H](O)CO[C@H]1O[C@H](CO[C@H]2O[C@H](CO)[C@@H](O)[C@H](O)[C@H]2O)[C@@H](O)[C@H](O)[C@H]1O. The molecule has 0 aliphatic carbocycles. The van der Waals surface area contributed by atoms with Crippen LogP contribution in [0, 0.1) is 0 Å². The topological polar surface area (TPSA) is 303 Å². The van der Waals surface area contributed by atoms with Gasteiger partial charge in [0.05, 0.1) is 19.8 Å². The van der Waals surface area contributed by atoms with Crippen molar-refractivity contribution in [1.82, 2.24) is 0 Å². The number of rotatable bonds is 27. The molecule has 2 rings (SSSR count). The molecule has 2 aliphatic heterocycles. The van der Waals surface area contributed by atoms with E-state index in [2.05, 4.69) is 11.7 Å². The van der Waals surface area contributed by atoms with Crippen LogP contribution in [0.4, 0.5) is 0 Å². The lowest BCUT2D eigenvalue weighted by molar-refractivity contribution is -0.333. The Labute approximate surface area is 316 Å². The van der Waals surface area contributed by atoms with E-state index >= 15 is 0 Å². The summed E-state index contributed by atoms with van der Waals surface area (Å²) in [6.07, 6.45) is -8.95. The third kappa shape index (κ3) is 16.2. The second kappa shape index (κ2) is 26.5. The van der Waals surface area contributed by atoms with Gasteiger partial charge in [0.15, 0.2) is 18.7 Å². The molecule has 0 unspecified atom stereocenters. The minimum absolute atomic E-state index is 0.0926. The molecule has 11 N–H and O–H groups in total. The highest BCUT2D eigenvalue weighted by Gasteiger charge is 2.48. The number of hydrogen-bond acceptors (Lipinski definition) is 18. The van der Waals surface area contributed by atoms with Crippen LogP contribution in [0.2, 0.25) is 0 Å². The van der Waals surface area contributed by atoms with E-state index in [9.17, 15) is 65.8 Å². The Balaban J connectivity index is 1.67. The average Bonchev–Trinajstić information content (AvgIpc) is 3.16. The molecule has 2 fully saturated rings. The van der Waals surface area contributed by atoms with Crippen LogP contribution in [0.25, 0.3) is 0 Å². The lowest BCUT2D eigenvalue weighted by atomic mass is 9.98. The van der Waals surface area contributed by atoms with Gasteiger partial charge in [0.25, 0.3) is 0 Å². The lowest BCUT2D eigenvalue weighted by Crippen LogP contribution is -2.62. The van der Waals surface area contributed by atoms with Crippen LogP contribution < -0.4 is 0 Å². The predicted octanol–water partition coefficient (Wildman–Crippen LogP) is -1.60.